The number of hydrogen-bond donors (Lipinski definition) is 2. The van der Waals surface area contributed by atoms with E-state index in [0.717, 1.165) is 36.3 Å². The van der Waals surface area contributed by atoms with Gasteiger partial charge in [0.15, 0.2) is 0 Å². The van der Waals surface area contributed by atoms with Gasteiger partial charge < -0.3 is 10.2 Å². The van der Waals surface area contributed by atoms with E-state index in [-0.39, 0.29) is 11.9 Å². The van der Waals surface area contributed by atoms with E-state index in [9.17, 15) is 4.39 Å². The molecule has 0 aliphatic heterocycles. The molecule has 2 aromatic rings. The van der Waals surface area contributed by atoms with Crippen molar-refractivity contribution in [3.63, 3.8) is 0 Å². The fourth-order valence-corrected chi connectivity index (χ4v) is 2.61. The Bertz CT molecular complexity index is 606. The highest BCUT2D eigenvalue weighted by atomic mass is 19.1. The van der Waals surface area contributed by atoms with Gasteiger partial charge in [-0.3, -0.25) is 5.10 Å². The zero-order chi connectivity index (χ0) is 16.1. The Balaban J connectivity index is 1.89. The normalized spacial score (nSPS) is 12.4. The summed E-state index contributed by atoms with van der Waals surface area (Å²) in [5.74, 6) is -0.199. The van der Waals surface area contributed by atoms with Crippen LogP contribution in [0.2, 0.25) is 0 Å². The van der Waals surface area contributed by atoms with Crippen molar-refractivity contribution in [2.45, 2.75) is 32.7 Å². The summed E-state index contributed by atoms with van der Waals surface area (Å²) in [5.41, 5.74) is 4.45. The van der Waals surface area contributed by atoms with Gasteiger partial charge in [-0.05, 0) is 56.5 Å². The second-order valence-electron chi connectivity index (χ2n) is 5.90. The van der Waals surface area contributed by atoms with Crippen LogP contribution in [0.3, 0.4) is 0 Å². The molecule has 5 heteroatoms. The minimum Gasteiger partial charge on any atom is -0.377 e. The van der Waals surface area contributed by atoms with Crippen LogP contribution < -0.4 is 10.2 Å². The van der Waals surface area contributed by atoms with Crippen molar-refractivity contribution in [1.82, 2.24) is 15.5 Å². The lowest BCUT2D eigenvalue weighted by atomic mass is 10.0. The number of aromatic amines is 1. The van der Waals surface area contributed by atoms with Crippen LogP contribution in [-0.2, 0) is 6.42 Å². The van der Waals surface area contributed by atoms with E-state index < -0.39 is 0 Å². The Morgan fingerprint density at radius 1 is 1.36 bits per heavy atom. The van der Waals surface area contributed by atoms with Gasteiger partial charge in [-0.15, -0.1) is 0 Å². The van der Waals surface area contributed by atoms with E-state index in [0.29, 0.717) is 0 Å². The molecular formula is C17H25FN4. The van der Waals surface area contributed by atoms with Crippen molar-refractivity contribution in [1.29, 1.82) is 0 Å². The predicted octanol–water partition coefficient (Wildman–Crippen LogP) is 3.21. The molecule has 1 aromatic heterocycles. The Morgan fingerprint density at radius 3 is 2.77 bits per heavy atom. The highest BCUT2D eigenvalue weighted by Gasteiger charge is 2.12. The zero-order valence-corrected chi connectivity index (χ0v) is 13.8. The predicted molar refractivity (Wildman–Crippen MR) is 88.8 cm³/mol. The first-order valence-corrected chi connectivity index (χ1v) is 7.68. The minimum absolute atomic E-state index is 0.184. The van der Waals surface area contributed by atoms with Crippen LogP contribution >= 0.6 is 0 Å². The average Bonchev–Trinajstić information content (AvgIpc) is 2.88. The van der Waals surface area contributed by atoms with E-state index >= 15 is 0 Å². The second kappa shape index (κ2) is 7.40. The number of hydrogen-bond acceptors (Lipinski definition) is 3. The second-order valence-corrected chi connectivity index (χ2v) is 5.90. The summed E-state index contributed by atoms with van der Waals surface area (Å²) in [5, 5.41) is 10.5. The van der Waals surface area contributed by atoms with Crippen LogP contribution in [0.5, 0.6) is 0 Å². The monoisotopic (exact) mass is 304 g/mol. The van der Waals surface area contributed by atoms with Gasteiger partial charge in [0.2, 0.25) is 0 Å². The van der Waals surface area contributed by atoms with Crippen molar-refractivity contribution < 1.29 is 4.39 Å². The highest BCUT2D eigenvalue weighted by molar-refractivity contribution is 5.54. The van der Waals surface area contributed by atoms with E-state index in [1.165, 1.54) is 11.6 Å². The van der Waals surface area contributed by atoms with Crippen LogP contribution in [0.15, 0.2) is 24.4 Å². The smallest absolute Gasteiger partial charge is 0.125 e. The van der Waals surface area contributed by atoms with Crippen molar-refractivity contribution in [3.8, 4) is 0 Å². The third-order valence-electron chi connectivity index (χ3n) is 3.95. The van der Waals surface area contributed by atoms with Crippen LogP contribution in [0.25, 0.3) is 0 Å². The van der Waals surface area contributed by atoms with Crippen molar-refractivity contribution >= 4 is 5.69 Å². The third-order valence-corrected chi connectivity index (χ3v) is 3.95. The lowest BCUT2D eigenvalue weighted by Crippen LogP contribution is -2.23. The van der Waals surface area contributed by atoms with E-state index in [2.05, 4.69) is 22.4 Å². The number of anilines is 1. The molecule has 0 spiro atoms. The molecule has 0 saturated heterocycles. The maximum atomic E-state index is 13.4. The number of nitrogens with zero attached hydrogens (tertiary/aromatic N) is 2. The SMILES string of the molecule is Cc1[nH]ncc1CCCNC(C)c1ccc(F)cc1N(C)C. The standard InChI is InChI=1S/C17H25FN4/c1-12-14(11-20-21-12)6-5-9-19-13(2)16-8-7-15(18)10-17(16)22(3)4/h7-8,10-11,13,19H,5-6,9H2,1-4H3,(H,20,21). The minimum atomic E-state index is -0.199. The molecule has 1 heterocycles. The number of benzene rings is 1. The molecule has 0 aliphatic rings. The van der Waals surface area contributed by atoms with Gasteiger partial charge in [0, 0.05) is 31.5 Å². The van der Waals surface area contributed by atoms with Crippen LogP contribution in [-0.4, -0.2) is 30.8 Å². The Labute approximate surface area is 131 Å². The quantitative estimate of drug-likeness (QED) is 0.772. The van der Waals surface area contributed by atoms with E-state index in [4.69, 9.17) is 0 Å². The number of halogens is 1. The molecule has 0 bridgehead atoms. The number of rotatable bonds is 7. The van der Waals surface area contributed by atoms with Crippen molar-refractivity contribution in [2.24, 2.45) is 0 Å². The molecule has 4 nitrogen and oxygen atoms in total. The van der Waals surface area contributed by atoms with Crippen molar-refractivity contribution in [3.05, 3.63) is 47.0 Å². The molecule has 2 N–H and O–H groups in total. The average molecular weight is 304 g/mol. The lowest BCUT2D eigenvalue weighted by molar-refractivity contribution is 0.555. The summed E-state index contributed by atoms with van der Waals surface area (Å²) in [7, 11) is 3.87. The van der Waals surface area contributed by atoms with E-state index in [1.54, 1.807) is 6.07 Å². The molecule has 0 amide bonds. The van der Waals surface area contributed by atoms with Crippen molar-refractivity contribution in [2.75, 3.05) is 25.5 Å². The summed E-state index contributed by atoms with van der Waals surface area (Å²) < 4.78 is 13.4. The summed E-state index contributed by atoms with van der Waals surface area (Å²) >= 11 is 0. The van der Waals surface area contributed by atoms with Gasteiger partial charge in [-0.25, -0.2) is 4.39 Å². The maximum absolute atomic E-state index is 13.4. The summed E-state index contributed by atoms with van der Waals surface area (Å²) in [6.45, 7) is 5.07. The Morgan fingerprint density at radius 2 is 2.14 bits per heavy atom. The molecule has 22 heavy (non-hydrogen) atoms. The van der Waals surface area contributed by atoms with Gasteiger partial charge in [-0.2, -0.15) is 5.10 Å². The fraction of sp³-hybridized carbons (Fsp3) is 0.471. The first kappa shape index (κ1) is 16.5. The van der Waals surface area contributed by atoms with Crippen LogP contribution in [0, 0.1) is 12.7 Å². The number of H-pyrrole nitrogens is 1. The molecule has 120 valence electrons. The number of aromatic nitrogens is 2. The molecule has 0 radical (unpaired) electrons. The third kappa shape index (κ3) is 4.07. The van der Waals surface area contributed by atoms with Crippen LogP contribution in [0.1, 0.15) is 36.2 Å². The van der Waals surface area contributed by atoms with Gasteiger partial charge in [0.25, 0.3) is 0 Å². The zero-order valence-electron chi connectivity index (χ0n) is 13.8. The summed E-state index contributed by atoms with van der Waals surface area (Å²) in [4.78, 5) is 1.95. The highest BCUT2D eigenvalue weighted by Crippen LogP contribution is 2.26. The molecule has 1 aromatic carbocycles. The van der Waals surface area contributed by atoms with Gasteiger partial charge >= 0.3 is 0 Å². The largest absolute Gasteiger partial charge is 0.377 e. The Kier molecular flexibility index (Phi) is 5.55. The summed E-state index contributed by atoms with van der Waals surface area (Å²) in [6.07, 6.45) is 3.94. The van der Waals surface area contributed by atoms with Gasteiger partial charge in [-0.1, -0.05) is 6.07 Å². The number of aryl methyl sites for hydroxylation is 2. The molecule has 2 rings (SSSR count). The molecule has 0 aliphatic carbocycles. The number of nitrogens with one attached hydrogen (secondary N) is 2. The molecule has 1 unspecified atom stereocenters. The molecular weight excluding hydrogens is 279 g/mol. The summed E-state index contributed by atoms with van der Waals surface area (Å²) in [6, 6.07) is 5.16. The lowest BCUT2D eigenvalue weighted by Gasteiger charge is -2.22. The molecule has 0 saturated carbocycles. The maximum Gasteiger partial charge on any atom is 0.125 e. The molecule has 0 fully saturated rings. The van der Waals surface area contributed by atoms with Gasteiger partial charge in [0.05, 0.1) is 6.20 Å². The first-order valence-electron chi connectivity index (χ1n) is 7.68. The van der Waals surface area contributed by atoms with Crippen LogP contribution in [0.4, 0.5) is 10.1 Å². The van der Waals surface area contributed by atoms with Gasteiger partial charge in [0.1, 0.15) is 5.82 Å². The fourth-order valence-electron chi connectivity index (χ4n) is 2.61. The Hall–Kier alpha value is -1.88. The topological polar surface area (TPSA) is 44.0 Å². The van der Waals surface area contributed by atoms with E-state index in [1.807, 2.05) is 38.2 Å². The molecule has 1 atom stereocenters. The first-order chi connectivity index (χ1) is 10.5.